The highest BCUT2D eigenvalue weighted by atomic mass is 16.5. The van der Waals surface area contributed by atoms with Crippen LogP contribution >= 0.6 is 0 Å². The average molecular weight is 181 g/mol. The predicted molar refractivity (Wildman–Crippen MR) is 48.7 cm³/mol. The lowest BCUT2D eigenvalue weighted by atomic mass is 9.74. The zero-order valence-corrected chi connectivity index (χ0v) is 7.92. The van der Waals surface area contributed by atoms with Crippen LogP contribution in [0.15, 0.2) is 11.8 Å². The fourth-order valence-electron chi connectivity index (χ4n) is 1.80. The Morgan fingerprint density at radius 1 is 1.77 bits per heavy atom. The molecular formula is C10H15NO2. The quantitative estimate of drug-likeness (QED) is 0.658. The van der Waals surface area contributed by atoms with E-state index < -0.39 is 5.41 Å². The van der Waals surface area contributed by atoms with E-state index in [2.05, 4.69) is 6.07 Å². The Morgan fingerprint density at radius 3 is 3.08 bits per heavy atom. The van der Waals surface area contributed by atoms with E-state index in [4.69, 9.17) is 15.1 Å². The molecule has 0 heterocycles. The van der Waals surface area contributed by atoms with E-state index in [1.807, 2.05) is 0 Å². The van der Waals surface area contributed by atoms with E-state index in [0.717, 1.165) is 24.8 Å². The minimum absolute atomic E-state index is 0.0510. The largest absolute Gasteiger partial charge is 0.504 e. The molecule has 0 bridgehead atoms. The van der Waals surface area contributed by atoms with Gasteiger partial charge in [-0.25, -0.2) is 0 Å². The van der Waals surface area contributed by atoms with Crippen molar-refractivity contribution in [2.75, 3.05) is 13.7 Å². The SMILES string of the molecule is CO/C=C1\CCCC(C#N)(CO)C1. The first-order valence-corrected chi connectivity index (χ1v) is 4.49. The zero-order chi connectivity index (χ0) is 9.73. The monoisotopic (exact) mass is 181 g/mol. The van der Waals surface area contributed by atoms with E-state index >= 15 is 0 Å². The maximum atomic E-state index is 9.14. The van der Waals surface area contributed by atoms with Gasteiger partial charge in [-0.15, -0.1) is 0 Å². The van der Waals surface area contributed by atoms with Gasteiger partial charge < -0.3 is 9.84 Å². The predicted octanol–water partition coefficient (Wildman–Crippen LogP) is 1.59. The number of aliphatic hydroxyl groups excluding tert-OH is 1. The number of rotatable bonds is 2. The molecule has 1 saturated carbocycles. The van der Waals surface area contributed by atoms with Gasteiger partial charge >= 0.3 is 0 Å². The van der Waals surface area contributed by atoms with Crippen LogP contribution in [0.4, 0.5) is 0 Å². The average Bonchev–Trinajstić information content (AvgIpc) is 2.19. The molecule has 0 aliphatic heterocycles. The van der Waals surface area contributed by atoms with Gasteiger partial charge in [-0.2, -0.15) is 5.26 Å². The third kappa shape index (κ3) is 2.22. The second kappa shape index (κ2) is 4.29. The van der Waals surface area contributed by atoms with Crippen LogP contribution in [0.1, 0.15) is 25.7 Å². The van der Waals surface area contributed by atoms with Crippen LogP contribution in [0.2, 0.25) is 0 Å². The van der Waals surface area contributed by atoms with Crippen molar-refractivity contribution in [3.05, 3.63) is 11.8 Å². The molecule has 0 radical (unpaired) electrons. The highest BCUT2D eigenvalue weighted by molar-refractivity contribution is 5.14. The summed E-state index contributed by atoms with van der Waals surface area (Å²) in [6, 6.07) is 2.21. The zero-order valence-electron chi connectivity index (χ0n) is 7.92. The molecule has 0 amide bonds. The van der Waals surface area contributed by atoms with Crippen molar-refractivity contribution in [2.24, 2.45) is 5.41 Å². The van der Waals surface area contributed by atoms with Crippen molar-refractivity contribution in [2.45, 2.75) is 25.7 Å². The van der Waals surface area contributed by atoms with Gasteiger partial charge in [0.1, 0.15) is 0 Å². The van der Waals surface area contributed by atoms with Crippen molar-refractivity contribution in [3.8, 4) is 6.07 Å². The number of nitriles is 1. The van der Waals surface area contributed by atoms with Crippen LogP contribution < -0.4 is 0 Å². The van der Waals surface area contributed by atoms with Crippen molar-refractivity contribution < 1.29 is 9.84 Å². The summed E-state index contributed by atoms with van der Waals surface area (Å²) in [4.78, 5) is 0. The van der Waals surface area contributed by atoms with E-state index in [1.165, 1.54) is 0 Å². The Balaban J connectivity index is 2.71. The van der Waals surface area contributed by atoms with Crippen LogP contribution in [-0.4, -0.2) is 18.8 Å². The van der Waals surface area contributed by atoms with E-state index in [1.54, 1.807) is 13.4 Å². The molecule has 3 nitrogen and oxygen atoms in total. The van der Waals surface area contributed by atoms with Crippen LogP contribution in [0.5, 0.6) is 0 Å². The molecule has 72 valence electrons. The maximum Gasteiger partial charge on any atom is 0.0842 e. The molecular weight excluding hydrogens is 166 g/mol. The standard InChI is InChI=1S/C10H15NO2/c1-13-6-9-3-2-4-10(5-9,7-11)8-12/h6,12H,2-5,8H2,1H3/b9-6+. The Labute approximate surface area is 78.6 Å². The van der Waals surface area contributed by atoms with E-state index in [0.29, 0.717) is 6.42 Å². The first kappa shape index (κ1) is 10.1. The molecule has 3 heteroatoms. The number of allylic oxidation sites excluding steroid dienone is 1. The summed E-state index contributed by atoms with van der Waals surface area (Å²) in [7, 11) is 1.61. The number of methoxy groups -OCH3 is 1. The normalized spacial score (nSPS) is 31.3. The molecule has 1 aliphatic carbocycles. The second-order valence-corrected chi connectivity index (χ2v) is 3.59. The van der Waals surface area contributed by atoms with Gasteiger partial charge in [0.25, 0.3) is 0 Å². The molecule has 0 aromatic rings. The Hall–Kier alpha value is -1.01. The summed E-state index contributed by atoms with van der Waals surface area (Å²) in [6.45, 7) is -0.0510. The maximum absolute atomic E-state index is 9.14. The number of ether oxygens (including phenoxy) is 1. The van der Waals surface area contributed by atoms with Gasteiger partial charge in [-0.3, -0.25) is 0 Å². The summed E-state index contributed by atoms with van der Waals surface area (Å²) >= 11 is 0. The lowest BCUT2D eigenvalue weighted by Gasteiger charge is -2.29. The minimum Gasteiger partial charge on any atom is -0.504 e. The van der Waals surface area contributed by atoms with Crippen LogP contribution in [0, 0.1) is 16.7 Å². The van der Waals surface area contributed by atoms with Crippen LogP contribution in [-0.2, 0) is 4.74 Å². The molecule has 13 heavy (non-hydrogen) atoms. The van der Waals surface area contributed by atoms with Crippen molar-refractivity contribution >= 4 is 0 Å². The molecule has 1 aliphatic rings. The highest BCUT2D eigenvalue weighted by Gasteiger charge is 2.33. The third-order valence-corrected chi connectivity index (χ3v) is 2.54. The summed E-state index contributed by atoms with van der Waals surface area (Å²) in [5.41, 5.74) is 0.576. The van der Waals surface area contributed by atoms with Gasteiger partial charge in [-0.05, 0) is 31.3 Å². The molecule has 0 saturated heterocycles. The molecule has 0 aromatic carbocycles. The topological polar surface area (TPSA) is 53.2 Å². The number of aliphatic hydroxyl groups is 1. The minimum atomic E-state index is -0.553. The van der Waals surface area contributed by atoms with E-state index in [-0.39, 0.29) is 6.61 Å². The smallest absolute Gasteiger partial charge is 0.0842 e. The summed E-state index contributed by atoms with van der Waals surface area (Å²) in [6.07, 6.45) is 5.08. The third-order valence-electron chi connectivity index (χ3n) is 2.54. The fourth-order valence-corrected chi connectivity index (χ4v) is 1.80. The van der Waals surface area contributed by atoms with Gasteiger partial charge in [0.05, 0.1) is 31.5 Å². The lowest BCUT2D eigenvalue weighted by Crippen LogP contribution is -2.27. The molecule has 1 fully saturated rings. The fraction of sp³-hybridized carbons (Fsp3) is 0.700. The van der Waals surface area contributed by atoms with Gasteiger partial charge in [0.2, 0.25) is 0 Å². The molecule has 0 aromatic heterocycles. The van der Waals surface area contributed by atoms with Gasteiger partial charge in [-0.1, -0.05) is 0 Å². The van der Waals surface area contributed by atoms with Crippen molar-refractivity contribution in [1.29, 1.82) is 5.26 Å². The molecule has 1 rings (SSSR count). The highest BCUT2D eigenvalue weighted by Crippen LogP contribution is 2.38. The Morgan fingerprint density at radius 2 is 2.54 bits per heavy atom. The summed E-state index contributed by atoms with van der Waals surface area (Å²) < 4.78 is 4.91. The number of hydrogen-bond acceptors (Lipinski definition) is 3. The molecule has 1 N–H and O–H groups in total. The molecule has 1 unspecified atom stereocenters. The Bertz CT molecular complexity index is 242. The summed E-state index contributed by atoms with van der Waals surface area (Å²) in [5, 5.41) is 18.1. The second-order valence-electron chi connectivity index (χ2n) is 3.59. The van der Waals surface area contributed by atoms with Crippen molar-refractivity contribution in [3.63, 3.8) is 0 Å². The number of nitrogens with zero attached hydrogens (tertiary/aromatic N) is 1. The summed E-state index contributed by atoms with van der Waals surface area (Å²) in [5.74, 6) is 0. The Kier molecular flexibility index (Phi) is 3.32. The van der Waals surface area contributed by atoms with Crippen molar-refractivity contribution in [1.82, 2.24) is 0 Å². The first-order valence-electron chi connectivity index (χ1n) is 4.49. The van der Waals surface area contributed by atoms with Gasteiger partial charge in [0.15, 0.2) is 0 Å². The lowest BCUT2D eigenvalue weighted by molar-refractivity contribution is 0.149. The number of hydrogen-bond donors (Lipinski definition) is 1. The molecule has 1 atom stereocenters. The molecule has 0 spiro atoms. The van der Waals surface area contributed by atoms with Crippen LogP contribution in [0.3, 0.4) is 0 Å². The van der Waals surface area contributed by atoms with Gasteiger partial charge in [0, 0.05) is 0 Å². The van der Waals surface area contributed by atoms with E-state index in [9.17, 15) is 0 Å². The first-order chi connectivity index (χ1) is 6.26. The van der Waals surface area contributed by atoms with Crippen LogP contribution in [0.25, 0.3) is 0 Å².